The van der Waals surface area contributed by atoms with Crippen LogP contribution in [0.1, 0.15) is 28.9 Å². The minimum Gasteiger partial charge on any atom is -0.508 e. The zero-order chi connectivity index (χ0) is 19.5. The molecule has 2 aromatic carbocycles. The first-order valence-electron chi connectivity index (χ1n) is 9.98. The predicted molar refractivity (Wildman–Crippen MR) is 111 cm³/mol. The molecule has 1 saturated heterocycles. The number of carbonyl (C=O) groups is 1. The third-order valence-electron chi connectivity index (χ3n) is 5.85. The zero-order valence-corrected chi connectivity index (χ0v) is 16.1. The SMILES string of the molecule is NC(=O)c1cc2cc(O)ccc2n1CCN1CCC(Cc2ccccc2)CC1. The average Bonchev–Trinajstić information content (AvgIpc) is 3.06. The number of amides is 1. The molecule has 28 heavy (non-hydrogen) atoms. The molecule has 3 N–H and O–H groups in total. The van der Waals surface area contributed by atoms with Crippen LogP contribution in [0.5, 0.6) is 5.75 Å². The van der Waals surface area contributed by atoms with Gasteiger partial charge in [-0.25, -0.2) is 0 Å². The van der Waals surface area contributed by atoms with Crippen molar-refractivity contribution in [2.75, 3.05) is 19.6 Å². The van der Waals surface area contributed by atoms with Gasteiger partial charge in [0, 0.05) is 24.0 Å². The number of hydrogen-bond acceptors (Lipinski definition) is 3. The highest BCUT2D eigenvalue weighted by Gasteiger charge is 2.20. The zero-order valence-electron chi connectivity index (χ0n) is 16.1. The highest BCUT2D eigenvalue weighted by atomic mass is 16.3. The van der Waals surface area contributed by atoms with E-state index in [1.807, 2.05) is 10.6 Å². The van der Waals surface area contributed by atoms with Gasteiger partial charge in [-0.2, -0.15) is 0 Å². The van der Waals surface area contributed by atoms with Crippen LogP contribution >= 0.6 is 0 Å². The van der Waals surface area contributed by atoms with Crippen molar-refractivity contribution in [3.63, 3.8) is 0 Å². The monoisotopic (exact) mass is 377 g/mol. The van der Waals surface area contributed by atoms with E-state index in [1.165, 1.54) is 18.4 Å². The second-order valence-corrected chi connectivity index (χ2v) is 7.76. The second-order valence-electron chi connectivity index (χ2n) is 7.76. The second kappa shape index (κ2) is 8.07. The minimum atomic E-state index is -0.433. The largest absolute Gasteiger partial charge is 0.508 e. The van der Waals surface area contributed by atoms with Crippen molar-refractivity contribution in [1.29, 1.82) is 0 Å². The van der Waals surface area contributed by atoms with Crippen molar-refractivity contribution >= 4 is 16.8 Å². The summed E-state index contributed by atoms with van der Waals surface area (Å²) in [6.45, 7) is 3.78. The Labute approximate surface area is 165 Å². The molecule has 1 fully saturated rings. The quantitative estimate of drug-likeness (QED) is 0.692. The molecular weight excluding hydrogens is 350 g/mol. The summed E-state index contributed by atoms with van der Waals surface area (Å²) < 4.78 is 1.98. The van der Waals surface area contributed by atoms with Crippen LogP contribution in [0.3, 0.4) is 0 Å². The number of piperidine rings is 1. The molecule has 1 aliphatic rings. The molecule has 0 spiro atoms. The Morgan fingerprint density at radius 1 is 1.04 bits per heavy atom. The number of rotatable bonds is 6. The van der Waals surface area contributed by atoms with Crippen molar-refractivity contribution in [2.24, 2.45) is 11.7 Å². The van der Waals surface area contributed by atoms with Crippen LogP contribution in [0.4, 0.5) is 0 Å². The lowest BCUT2D eigenvalue weighted by atomic mass is 9.90. The third-order valence-corrected chi connectivity index (χ3v) is 5.85. The Morgan fingerprint density at radius 3 is 2.50 bits per heavy atom. The van der Waals surface area contributed by atoms with Crippen molar-refractivity contribution in [1.82, 2.24) is 9.47 Å². The fourth-order valence-electron chi connectivity index (χ4n) is 4.31. The summed E-state index contributed by atoms with van der Waals surface area (Å²) in [6, 6.07) is 17.7. The number of hydrogen-bond donors (Lipinski definition) is 2. The Kier molecular flexibility index (Phi) is 5.35. The number of carbonyl (C=O) groups excluding carboxylic acids is 1. The van der Waals surface area contributed by atoms with Gasteiger partial charge in [-0.1, -0.05) is 30.3 Å². The van der Waals surface area contributed by atoms with E-state index in [4.69, 9.17) is 5.73 Å². The van der Waals surface area contributed by atoms with E-state index in [1.54, 1.807) is 18.2 Å². The number of nitrogens with zero attached hydrogens (tertiary/aromatic N) is 2. The Hall–Kier alpha value is -2.79. The van der Waals surface area contributed by atoms with E-state index in [0.29, 0.717) is 5.69 Å². The number of aromatic nitrogens is 1. The van der Waals surface area contributed by atoms with Gasteiger partial charge in [-0.15, -0.1) is 0 Å². The fourth-order valence-corrected chi connectivity index (χ4v) is 4.31. The molecule has 0 unspecified atom stereocenters. The standard InChI is InChI=1S/C23H27N3O2/c24-23(28)22-16-19-15-20(27)6-7-21(19)26(22)13-12-25-10-8-18(9-11-25)14-17-4-2-1-3-5-17/h1-7,15-16,18,27H,8-14H2,(H2,24,28). The molecule has 1 amide bonds. The molecule has 5 nitrogen and oxygen atoms in total. The first kappa shape index (κ1) is 18.6. The van der Waals surface area contributed by atoms with E-state index in [0.717, 1.165) is 49.4 Å². The summed E-state index contributed by atoms with van der Waals surface area (Å²) in [7, 11) is 0. The van der Waals surface area contributed by atoms with Gasteiger partial charge in [0.15, 0.2) is 0 Å². The van der Waals surface area contributed by atoms with E-state index in [9.17, 15) is 9.90 Å². The first-order valence-corrected chi connectivity index (χ1v) is 9.98. The van der Waals surface area contributed by atoms with Crippen molar-refractivity contribution in [3.8, 4) is 5.75 Å². The number of likely N-dealkylation sites (tertiary alicyclic amines) is 1. The molecule has 0 radical (unpaired) electrons. The van der Waals surface area contributed by atoms with Gasteiger partial charge in [0.1, 0.15) is 11.4 Å². The molecule has 0 bridgehead atoms. The summed E-state index contributed by atoms with van der Waals surface area (Å²) in [4.78, 5) is 14.3. The van der Waals surface area contributed by atoms with E-state index in [-0.39, 0.29) is 5.75 Å². The van der Waals surface area contributed by atoms with Crippen LogP contribution in [-0.2, 0) is 13.0 Å². The lowest BCUT2D eigenvalue weighted by molar-refractivity contribution is 0.0990. The smallest absolute Gasteiger partial charge is 0.265 e. The van der Waals surface area contributed by atoms with Crippen molar-refractivity contribution in [2.45, 2.75) is 25.8 Å². The predicted octanol–water partition coefficient (Wildman–Crippen LogP) is 3.40. The molecule has 3 aromatic rings. The van der Waals surface area contributed by atoms with Crippen LogP contribution < -0.4 is 5.73 Å². The first-order chi connectivity index (χ1) is 13.6. The molecule has 0 saturated carbocycles. The van der Waals surface area contributed by atoms with Crippen molar-refractivity contribution in [3.05, 3.63) is 65.9 Å². The van der Waals surface area contributed by atoms with Gasteiger partial charge in [0.25, 0.3) is 5.91 Å². The van der Waals surface area contributed by atoms with Gasteiger partial charge >= 0.3 is 0 Å². The third kappa shape index (κ3) is 4.04. The molecular formula is C23H27N3O2. The van der Waals surface area contributed by atoms with Crippen LogP contribution in [0, 0.1) is 5.92 Å². The molecule has 4 rings (SSSR count). The van der Waals surface area contributed by atoms with Crippen LogP contribution in [-0.4, -0.2) is 40.1 Å². The molecule has 2 heterocycles. The molecule has 5 heteroatoms. The summed E-state index contributed by atoms with van der Waals surface area (Å²) in [5.74, 6) is 0.508. The molecule has 0 aliphatic carbocycles. The Morgan fingerprint density at radius 2 is 1.79 bits per heavy atom. The van der Waals surface area contributed by atoms with Gasteiger partial charge in [-0.05, 0) is 68.1 Å². The van der Waals surface area contributed by atoms with E-state index in [2.05, 4.69) is 35.2 Å². The highest BCUT2D eigenvalue weighted by molar-refractivity contribution is 5.98. The number of primary amides is 1. The molecule has 146 valence electrons. The van der Waals surface area contributed by atoms with Crippen LogP contribution in [0.2, 0.25) is 0 Å². The number of nitrogens with two attached hydrogens (primary N) is 1. The number of fused-ring (bicyclic) bond motifs is 1. The maximum absolute atomic E-state index is 11.9. The van der Waals surface area contributed by atoms with E-state index >= 15 is 0 Å². The van der Waals surface area contributed by atoms with Gasteiger partial charge < -0.3 is 20.3 Å². The number of phenols is 1. The van der Waals surface area contributed by atoms with Crippen LogP contribution in [0.25, 0.3) is 10.9 Å². The number of benzene rings is 2. The van der Waals surface area contributed by atoms with Crippen molar-refractivity contribution < 1.29 is 9.90 Å². The maximum atomic E-state index is 11.9. The number of aromatic hydroxyl groups is 1. The maximum Gasteiger partial charge on any atom is 0.265 e. The lowest BCUT2D eigenvalue weighted by Gasteiger charge is -2.32. The summed E-state index contributed by atoms with van der Waals surface area (Å²) in [5.41, 5.74) is 8.44. The highest BCUT2D eigenvalue weighted by Crippen LogP contribution is 2.25. The molecule has 0 atom stereocenters. The van der Waals surface area contributed by atoms with Gasteiger partial charge in [0.05, 0.1) is 0 Å². The molecule has 1 aliphatic heterocycles. The minimum absolute atomic E-state index is 0.196. The molecule has 1 aromatic heterocycles. The Balaban J connectivity index is 1.38. The summed E-state index contributed by atoms with van der Waals surface area (Å²) in [6.07, 6.45) is 3.57. The van der Waals surface area contributed by atoms with Crippen LogP contribution in [0.15, 0.2) is 54.6 Å². The summed E-state index contributed by atoms with van der Waals surface area (Å²) >= 11 is 0. The fraction of sp³-hybridized carbons (Fsp3) is 0.348. The van der Waals surface area contributed by atoms with Gasteiger partial charge in [0.2, 0.25) is 0 Å². The lowest BCUT2D eigenvalue weighted by Crippen LogP contribution is -2.36. The Bertz CT molecular complexity index is 957. The number of phenolic OH excluding ortho intramolecular Hbond substituents is 1. The normalized spacial score (nSPS) is 15.9. The average molecular weight is 377 g/mol. The summed E-state index contributed by atoms with van der Waals surface area (Å²) in [5, 5.41) is 10.5. The van der Waals surface area contributed by atoms with E-state index < -0.39 is 5.91 Å². The topological polar surface area (TPSA) is 71.5 Å². The van der Waals surface area contributed by atoms with Gasteiger partial charge in [-0.3, -0.25) is 4.79 Å².